The second-order valence-corrected chi connectivity index (χ2v) is 7.64. The summed E-state index contributed by atoms with van der Waals surface area (Å²) in [4.78, 5) is 15.5. The van der Waals surface area contributed by atoms with Crippen molar-refractivity contribution in [3.05, 3.63) is 59.8 Å². The lowest BCUT2D eigenvalue weighted by atomic mass is 10.1. The third-order valence-electron chi connectivity index (χ3n) is 4.03. The molecule has 0 saturated carbocycles. The Balaban J connectivity index is 1.79. The van der Waals surface area contributed by atoms with Crippen LogP contribution in [0.3, 0.4) is 0 Å². The lowest BCUT2D eigenvalue weighted by molar-refractivity contribution is 0.102. The molecule has 9 N–H and O–H groups in total. The van der Waals surface area contributed by atoms with Gasteiger partial charge in [0, 0.05) is 11.1 Å². The van der Waals surface area contributed by atoms with Crippen LogP contribution in [0.1, 0.15) is 23.0 Å². The van der Waals surface area contributed by atoms with Crippen LogP contribution in [-0.4, -0.2) is 31.0 Å². The number of benzene rings is 2. The molecule has 1 heterocycles. The van der Waals surface area contributed by atoms with Crippen LogP contribution in [0.15, 0.2) is 58.7 Å². The van der Waals surface area contributed by atoms with Crippen molar-refractivity contribution in [1.82, 2.24) is 4.98 Å². The van der Waals surface area contributed by atoms with Crippen molar-refractivity contribution in [1.29, 1.82) is 0 Å². The molecule has 0 atom stereocenters. The first-order valence-electron chi connectivity index (χ1n) is 8.59. The number of carbonyl (C=O) groups excluding carboxylic acids is 1. The van der Waals surface area contributed by atoms with Gasteiger partial charge in [-0.3, -0.25) is 9.52 Å². The summed E-state index contributed by atoms with van der Waals surface area (Å²) >= 11 is 0. The molecule has 1 amide bonds. The number of nitrogens with one attached hydrogen (secondary N) is 3. The number of aromatic amines is 1. The average Bonchev–Trinajstić information content (AvgIpc) is 3.11. The van der Waals surface area contributed by atoms with Crippen molar-refractivity contribution in [2.24, 2.45) is 26.8 Å². The average molecular weight is 428 g/mol. The number of para-hydroxylation sites is 1. The second kappa shape index (κ2) is 8.23. The highest BCUT2D eigenvalue weighted by Gasteiger charge is 2.14. The van der Waals surface area contributed by atoms with E-state index >= 15 is 0 Å². The molecule has 1 aromatic heterocycles. The number of hydrogen-bond acceptors (Lipinski definition) is 5. The highest BCUT2D eigenvalue weighted by Crippen LogP contribution is 2.24. The van der Waals surface area contributed by atoms with E-state index in [4.69, 9.17) is 16.6 Å². The van der Waals surface area contributed by atoms with E-state index < -0.39 is 16.1 Å². The standard InChI is InChI=1S/C18H20N8O3S/c1-10(24-25-18(19)20)11-5-7-13(8-6-11)22-17(27)15-9-12-3-2-4-14(16(12)23-15)26-30(21,28)29/h2-9,23,26H,1H3,(H,22,27)(H4,19,20,25)(H2,21,28,29). The molecule has 3 aromatic rings. The predicted molar refractivity (Wildman–Crippen MR) is 117 cm³/mol. The highest BCUT2D eigenvalue weighted by atomic mass is 32.2. The van der Waals surface area contributed by atoms with Crippen LogP contribution in [-0.2, 0) is 10.2 Å². The Bertz CT molecular complexity index is 1260. The minimum Gasteiger partial charge on any atom is -0.369 e. The molecule has 2 aromatic carbocycles. The van der Waals surface area contributed by atoms with Crippen LogP contribution in [0.5, 0.6) is 0 Å². The Morgan fingerprint density at radius 2 is 1.77 bits per heavy atom. The number of guanidine groups is 1. The quantitative estimate of drug-likeness (QED) is 0.193. The molecule has 0 fully saturated rings. The number of aromatic nitrogens is 1. The SMILES string of the molecule is CC(=NN=C(N)N)c1ccc(NC(=O)c2cc3cccc(NS(N)(=O)=O)c3[nH]2)cc1. The lowest BCUT2D eigenvalue weighted by Gasteiger charge is -2.06. The first-order chi connectivity index (χ1) is 14.1. The maximum Gasteiger partial charge on any atom is 0.296 e. The summed E-state index contributed by atoms with van der Waals surface area (Å²) in [5.74, 6) is -0.537. The van der Waals surface area contributed by atoms with Crippen LogP contribution in [0.25, 0.3) is 10.9 Å². The summed E-state index contributed by atoms with van der Waals surface area (Å²) in [5, 5.41) is 15.9. The molecule has 3 rings (SSSR count). The van der Waals surface area contributed by atoms with Crippen LogP contribution < -0.4 is 26.6 Å². The molecule has 0 radical (unpaired) electrons. The summed E-state index contributed by atoms with van der Waals surface area (Å²) < 4.78 is 24.9. The number of H-pyrrole nitrogens is 1. The zero-order chi connectivity index (χ0) is 21.9. The fourth-order valence-corrected chi connectivity index (χ4v) is 3.18. The zero-order valence-electron chi connectivity index (χ0n) is 15.9. The van der Waals surface area contributed by atoms with Crippen molar-refractivity contribution in [2.45, 2.75) is 6.92 Å². The predicted octanol–water partition coefficient (Wildman–Crippen LogP) is 1.03. The molecule has 0 aliphatic rings. The van der Waals surface area contributed by atoms with E-state index in [0.29, 0.717) is 22.3 Å². The summed E-state index contributed by atoms with van der Waals surface area (Å²) in [5.41, 5.74) is 13.4. The number of hydrogen-bond donors (Lipinski definition) is 6. The van der Waals surface area contributed by atoms with Crippen molar-refractivity contribution in [2.75, 3.05) is 10.0 Å². The van der Waals surface area contributed by atoms with Gasteiger partial charge in [0.15, 0.2) is 0 Å². The first-order valence-corrected chi connectivity index (χ1v) is 10.1. The molecule has 0 spiro atoms. The zero-order valence-corrected chi connectivity index (χ0v) is 16.7. The fraction of sp³-hybridized carbons (Fsp3) is 0.0556. The van der Waals surface area contributed by atoms with E-state index in [-0.39, 0.29) is 17.3 Å². The number of nitrogens with zero attached hydrogens (tertiary/aromatic N) is 2. The van der Waals surface area contributed by atoms with Crippen molar-refractivity contribution in [3.63, 3.8) is 0 Å². The molecule has 0 bridgehead atoms. The molecule has 0 aliphatic heterocycles. The second-order valence-electron chi connectivity index (χ2n) is 6.34. The largest absolute Gasteiger partial charge is 0.369 e. The molecule has 11 nitrogen and oxygen atoms in total. The third-order valence-corrected chi connectivity index (χ3v) is 4.53. The summed E-state index contributed by atoms with van der Waals surface area (Å²) in [7, 11) is -3.95. The minimum atomic E-state index is -3.95. The highest BCUT2D eigenvalue weighted by molar-refractivity contribution is 7.90. The van der Waals surface area contributed by atoms with E-state index in [2.05, 4.69) is 25.2 Å². The fourth-order valence-electron chi connectivity index (χ4n) is 2.70. The van der Waals surface area contributed by atoms with Gasteiger partial charge >= 0.3 is 0 Å². The number of amides is 1. The van der Waals surface area contributed by atoms with Crippen molar-refractivity contribution < 1.29 is 13.2 Å². The number of fused-ring (bicyclic) bond motifs is 1. The van der Waals surface area contributed by atoms with Crippen LogP contribution in [0, 0.1) is 0 Å². The van der Waals surface area contributed by atoms with Gasteiger partial charge in [-0.2, -0.15) is 13.5 Å². The minimum absolute atomic E-state index is 0.140. The maximum atomic E-state index is 12.6. The van der Waals surface area contributed by atoms with E-state index in [1.165, 1.54) is 6.07 Å². The lowest BCUT2D eigenvalue weighted by Crippen LogP contribution is -2.22. The van der Waals surface area contributed by atoms with Crippen molar-refractivity contribution >= 4 is 50.1 Å². The Hall–Kier alpha value is -3.90. The van der Waals surface area contributed by atoms with Gasteiger partial charge in [-0.15, -0.1) is 5.10 Å². The molecule has 0 aliphatic carbocycles. The van der Waals surface area contributed by atoms with E-state index in [9.17, 15) is 13.2 Å². The Labute approximate surface area is 172 Å². The van der Waals surface area contributed by atoms with Gasteiger partial charge in [0.1, 0.15) is 5.69 Å². The Morgan fingerprint density at radius 1 is 1.07 bits per heavy atom. The van der Waals surface area contributed by atoms with Crippen molar-refractivity contribution in [3.8, 4) is 0 Å². The van der Waals surface area contributed by atoms with Crippen LogP contribution in [0.4, 0.5) is 11.4 Å². The number of nitrogens with two attached hydrogens (primary N) is 3. The van der Waals surface area contributed by atoms with Crippen LogP contribution in [0.2, 0.25) is 0 Å². The van der Waals surface area contributed by atoms with E-state index in [0.717, 1.165) is 5.56 Å². The molecule has 0 unspecified atom stereocenters. The summed E-state index contributed by atoms with van der Waals surface area (Å²) in [6.07, 6.45) is 0. The third kappa shape index (κ3) is 5.12. The maximum absolute atomic E-state index is 12.6. The molecule has 156 valence electrons. The van der Waals surface area contributed by atoms with Crippen LogP contribution >= 0.6 is 0 Å². The monoisotopic (exact) mass is 428 g/mol. The number of anilines is 2. The number of carbonyl (C=O) groups is 1. The van der Waals surface area contributed by atoms with Gasteiger partial charge in [-0.1, -0.05) is 24.3 Å². The summed E-state index contributed by atoms with van der Waals surface area (Å²) in [6, 6.07) is 13.5. The Kier molecular flexibility index (Phi) is 5.71. The van der Waals surface area contributed by atoms with Gasteiger partial charge in [-0.25, -0.2) is 5.14 Å². The van der Waals surface area contributed by atoms with E-state index in [1.807, 2.05) is 0 Å². The molecular formula is C18H20N8O3S. The molecule has 30 heavy (non-hydrogen) atoms. The molecule has 0 saturated heterocycles. The Morgan fingerprint density at radius 3 is 2.40 bits per heavy atom. The normalized spacial score (nSPS) is 11.9. The first kappa shape index (κ1) is 20.8. The van der Waals surface area contributed by atoms with Gasteiger partial charge in [0.05, 0.1) is 16.9 Å². The van der Waals surface area contributed by atoms with Gasteiger partial charge < -0.3 is 21.8 Å². The number of rotatable bonds is 6. The van der Waals surface area contributed by atoms with Gasteiger partial charge in [0.2, 0.25) is 5.96 Å². The van der Waals surface area contributed by atoms with Gasteiger partial charge in [0.25, 0.3) is 16.1 Å². The molecular weight excluding hydrogens is 408 g/mol. The summed E-state index contributed by atoms with van der Waals surface area (Å²) in [6.45, 7) is 1.75. The smallest absolute Gasteiger partial charge is 0.296 e. The molecule has 12 heteroatoms. The topological polar surface area (TPSA) is 194 Å². The van der Waals surface area contributed by atoms with Gasteiger partial charge in [-0.05, 0) is 36.8 Å². The van der Waals surface area contributed by atoms with E-state index in [1.54, 1.807) is 49.4 Å².